The van der Waals surface area contributed by atoms with E-state index in [4.69, 9.17) is 9.47 Å². The lowest BCUT2D eigenvalue weighted by Crippen LogP contribution is -2.47. The molecule has 2 amide bonds. The summed E-state index contributed by atoms with van der Waals surface area (Å²) in [5.41, 5.74) is 1.96. The number of esters is 1. The van der Waals surface area contributed by atoms with Gasteiger partial charge in [0.05, 0.1) is 6.61 Å². The number of carbonyl (C=O) groups is 3. The van der Waals surface area contributed by atoms with E-state index in [0.29, 0.717) is 23.6 Å². The molecule has 7 heteroatoms. The van der Waals surface area contributed by atoms with Gasteiger partial charge in [0.15, 0.2) is 6.10 Å². The van der Waals surface area contributed by atoms with Gasteiger partial charge in [0.25, 0.3) is 11.8 Å². The first-order valence-electron chi connectivity index (χ1n) is 10.3. The first kappa shape index (κ1) is 23.9. The Labute approximate surface area is 183 Å². The minimum Gasteiger partial charge on any atom is -0.494 e. The van der Waals surface area contributed by atoms with Gasteiger partial charge in [0, 0.05) is 11.3 Å². The lowest BCUT2D eigenvalue weighted by atomic mass is 10.0. The SMILES string of the molecule is CCOc1ccc(NC(=O)C(C)OC(=O)[C@@H](NC(=O)c2cccc(C)c2)C(C)C)cc1. The van der Waals surface area contributed by atoms with E-state index in [-0.39, 0.29) is 11.8 Å². The van der Waals surface area contributed by atoms with Crippen LogP contribution in [0.1, 0.15) is 43.6 Å². The van der Waals surface area contributed by atoms with Crippen LogP contribution in [0.5, 0.6) is 5.75 Å². The molecule has 7 nitrogen and oxygen atoms in total. The lowest BCUT2D eigenvalue weighted by molar-refractivity contribution is -0.156. The maximum absolute atomic E-state index is 12.7. The number of anilines is 1. The molecule has 0 saturated heterocycles. The van der Waals surface area contributed by atoms with Crippen molar-refractivity contribution in [3.8, 4) is 5.75 Å². The van der Waals surface area contributed by atoms with Gasteiger partial charge >= 0.3 is 5.97 Å². The fourth-order valence-corrected chi connectivity index (χ4v) is 2.85. The molecule has 2 aromatic carbocycles. The average Bonchev–Trinajstić information content (AvgIpc) is 2.73. The highest BCUT2D eigenvalue weighted by Crippen LogP contribution is 2.16. The van der Waals surface area contributed by atoms with Crippen LogP contribution < -0.4 is 15.4 Å². The third-order valence-corrected chi connectivity index (χ3v) is 4.58. The maximum atomic E-state index is 12.7. The molecule has 0 aliphatic rings. The third-order valence-electron chi connectivity index (χ3n) is 4.58. The highest BCUT2D eigenvalue weighted by atomic mass is 16.5. The quantitative estimate of drug-likeness (QED) is 0.596. The van der Waals surface area contributed by atoms with E-state index in [9.17, 15) is 14.4 Å². The fraction of sp³-hybridized carbons (Fsp3) is 0.375. The van der Waals surface area contributed by atoms with Crippen molar-refractivity contribution in [1.82, 2.24) is 5.32 Å². The van der Waals surface area contributed by atoms with Crippen molar-refractivity contribution in [2.75, 3.05) is 11.9 Å². The Balaban J connectivity index is 1.97. The Morgan fingerprint density at radius 2 is 1.68 bits per heavy atom. The summed E-state index contributed by atoms with van der Waals surface area (Å²) in [6.45, 7) is 9.41. The Bertz CT molecular complexity index is 908. The standard InChI is InChI=1S/C24H30N2O5/c1-6-30-20-12-10-19(11-13-20)25-22(27)17(5)31-24(29)21(15(2)3)26-23(28)18-9-7-8-16(4)14-18/h7-15,17,21H,6H2,1-5H3,(H,25,27)(H,26,28)/t17?,21-/m0/s1. The zero-order valence-electron chi connectivity index (χ0n) is 18.6. The molecule has 0 aromatic heterocycles. The van der Waals surface area contributed by atoms with Crippen LogP contribution in [0.25, 0.3) is 0 Å². The van der Waals surface area contributed by atoms with Crippen LogP contribution in [0.15, 0.2) is 48.5 Å². The summed E-state index contributed by atoms with van der Waals surface area (Å²) < 4.78 is 10.7. The van der Waals surface area contributed by atoms with E-state index >= 15 is 0 Å². The van der Waals surface area contributed by atoms with Gasteiger partial charge in [-0.3, -0.25) is 9.59 Å². The molecule has 2 aromatic rings. The predicted octanol–water partition coefficient (Wildman–Crippen LogP) is 3.72. The molecule has 1 unspecified atom stereocenters. The highest BCUT2D eigenvalue weighted by molar-refractivity contribution is 5.98. The largest absolute Gasteiger partial charge is 0.494 e. The van der Waals surface area contributed by atoms with Crippen LogP contribution in [-0.4, -0.2) is 36.5 Å². The van der Waals surface area contributed by atoms with Crippen molar-refractivity contribution in [3.63, 3.8) is 0 Å². The second-order valence-electron chi connectivity index (χ2n) is 7.59. The smallest absolute Gasteiger partial charge is 0.329 e. The molecule has 2 N–H and O–H groups in total. The van der Waals surface area contributed by atoms with Gasteiger partial charge in [-0.2, -0.15) is 0 Å². The lowest BCUT2D eigenvalue weighted by Gasteiger charge is -2.23. The van der Waals surface area contributed by atoms with Crippen molar-refractivity contribution in [2.45, 2.75) is 46.8 Å². The first-order chi connectivity index (χ1) is 14.7. The number of aryl methyl sites for hydroxylation is 1. The second kappa shape index (κ2) is 11.2. The summed E-state index contributed by atoms with van der Waals surface area (Å²) in [4.78, 5) is 37.6. The molecule has 0 bridgehead atoms. The van der Waals surface area contributed by atoms with E-state index in [1.54, 1.807) is 56.3 Å². The number of hydrogen-bond donors (Lipinski definition) is 2. The normalized spacial score (nSPS) is 12.6. The average molecular weight is 427 g/mol. The Kier molecular flexibility index (Phi) is 8.61. The molecular formula is C24H30N2O5. The van der Waals surface area contributed by atoms with Gasteiger partial charge in [0.2, 0.25) is 0 Å². The van der Waals surface area contributed by atoms with Gasteiger partial charge in [-0.1, -0.05) is 31.5 Å². The summed E-state index contributed by atoms with van der Waals surface area (Å²) in [7, 11) is 0. The van der Waals surface area contributed by atoms with Gasteiger partial charge in [-0.25, -0.2) is 4.79 Å². The molecule has 0 heterocycles. The molecule has 2 rings (SSSR count). The number of nitrogens with one attached hydrogen (secondary N) is 2. The van der Waals surface area contributed by atoms with Crippen LogP contribution in [0.2, 0.25) is 0 Å². The molecule has 2 atom stereocenters. The summed E-state index contributed by atoms with van der Waals surface area (Å²) in [5, 5.41) is 5.41. The molecule has 0 saturated carbocycles. The van der Waals surface area contributed by atoms with Gasteiger partial charge in [-0.05, 0) is 63.1 Å². The van der Waals surface area contributed by atoms with E-state index in [0.717, 1.165) is 5.56 Å². The molecule has 0 aliphatic heterocycles. The number of ether oxygens (including phenoxy) is 2. The summed E-state index contributed by atoms with van der Waals surface area (Å²) >= 11 is 0. The molecule has 31 heavy (non-hydrogen) atoms. The van der Waals surface area contributed by atoms with E-state index in [1.807, 2.05) is 19.9 Å². The molecule has 0 spiro atoms. The summed E-state index contributed by atoms with van der Waals surface area (Å²) in [5.74, 6) is -1.02. The molecule has 166 valence electrons. The first-order valence-corrected chi connectivity index (χ1v) is 10.3. The zero-order chi connectivity index (χ0) is 23.0. The van der Waals surface area contributed by atoms with Crippen LogP contribution in [-0.2, 0) is 14.3 Å². The van der Waals surface area contributed by atoms with Crippen LogP contribution in [0.3, 0.4) is 0 Å². The number of hydrogen-bond acceptors (Lipinski definition) is 5. The van der Waals surface area contributed by atoms with Crippen molar-refractivity contribution >= 4 is 23.5 Å². The second-order valence-corrected chi connectivity index (χ2v) is 7.59. The van der Waals surface area contributed by atoms with Gasteiger partial charge < -0.3 is 20.1 Å². The zero-order valence-corrected chi connectivity index (χ0v) is 18.6. The number of amides is 2. The third kappa shape index (κ3) is 7.13. The van der Waals surface area contributed by atoms with E-state index < -0.39 is 24.0 Å². The summed E-state index contributed by atoms with van der Waals surface area (Å²) in [6.07, 6.45) is -1.03. The minimum absolute atomic E-state index is 0.220. The maximum Gasteiger partial charge on any atom is 0.329 e. The summed E-state index contributed by atoms with van der Waals surface area (Å²) in [6, 6.07) is 13.1. The van der Waals surface area contributed by atoms with Crippen molar-refractivity contribution in [3.05, 3.63) is 59.7 Å². The number of rotatable bonds is 9. The van der Waals surface area contributed by atoms with Crippen LogP contribution in [0.4, 0.5) is 5.69 Å². The molecule has 0 radical (unpaired) electrons. The van der Waals surface area contributed by atoms with Crippen LogP contribution in [0, 0.1) is 12.8 Å². The van der Waals surface area contributed by atoms with Crippen LogP contribution >= 0.6 is 0 Å². The number of benzene rings is 2. The van der Waals surface area contributed by atoms with Crippen molar-refractivity contribution in [2.24, 2.45) is 5.92 Å². The Morgan fingerprint density at radius 3 is 2.26 bits per heavy atom. The minimum atomic E-state index is -1.03. The molecule has 0 fully saturated rings. The molecule has 0 aliphatic carbocycles. The van der Waals surface area contributed by atoms with Gasteiger partial charge in [-0.15, -0.1) is 0 Å². The highest BCUT2D eigenvalue weighted by Gasteiger charge is 2.29. The fourth-order valence-electron chi connectivity index (χ4n) is 2.85. The predicted molar refractivity (Wildman–Crippen MR) is 119 cm³/mol. The Morgan fingerprint density at radius 1 is 1.00 bits per heavy atom. The van der Waals surface area contributed by atoms with E-state index in [2.05, 4.69) is 10.6 Å². The van der Waals surface area contributed by atoms with E-state index in [1.165, 1.54) is 6.92 Å². The number of carbonyl (C=O) groups excluding carboxylic acids is 3. The van der Waals surface area contributed by atoms with Crippen molar-refractivity contribution in [1.29, 1.82) is 0 Å². The molecular weight excluding hydrogens is 396 g/mol. The topological polar surface area (TPSA) is 93.7 Å². The Hall–Kier alpha value is -3.35. The van der Waals surface area contributed by atoms with Gasteiger partial charge in [0.1, 0.15) is 11.8 Å². The van der Waals surface area contributed by atoms with Crippen molar-refractivity contribution < 1.29 is 23.9 Å². The monoisotopic (exact) mass is 426 g/mol.